The molecule has 0 rings (SSSR count). The topological polar surface area (TPSA) is 17.1 Å². The van der Waals surface area contributed by atoms with Crippen LogP contribution in [0.1, 0.15) is 27.2 Å². The molecule has 72 valence electrons. The third-order valence-electron chi connectivity index (χ3n) is 3.10. The van der Waals surface area contributed by atoms with Crippen molar-refractivity contribution in [2.24, 2.45) is 0 Å². The van der Waals surface area contributed by atoms with Crippen LogP contribution in [0.3, 0.4) is 0 Å². The SMILES string of the molecule is CC[Si](CC)(CC)CCC(=O)Cl. The van der Waals surface area contributed by atoms with Crippen molar-refractivity contribution in [2.45, 2.75) is 51.4 Å². The fraction of sp³-hybridized carbons (Fsp3) is 0.889. The third-order valence-corrected chi connectivity index (χ3v) is 9.10. The highest BCUT2D eigenvalue weighted by atomic mass is 35.5. The van der Waals surface area contributed by atoms with Crippen molar-refractivity contribution < 1.29 is 4.79 Å². The molecule has 0 radical (unpaired) electrons. The summed E-state index contributed by atoms with van der Waals surface area (Å²) >= 11 is 5.34. The number of hydrogen-bond acceptors (Lipinski definition) is 1. The molecule has 0 spiro atoms. The molecule has 12 heavy (non-hydrogen) atoms. The summed E-state index contributed by atoms with van der Waals surface area (Å²) in [5.74, 6) is 0. The second-order valence-corrected chi connectivity index (χ2v) is 9.46. The Morgan fingerprint density at radius 2 is 1.58 bits per heavy atom. The highest BCUT2D eigenvalue weighted by Gasteiger charge is 2.26. The zero-order valence-corrected chi connectivity index (χ0v) is 10.1. The van der Waals surface area contributed by atoms with Gasteiger partial charge in [-0.2, -0.15) is 0 Å². The Morgan fingerprint density at radius 3 is 1.83 bits per heavy atom. The predicted octanol–water partition coefficient (Wildman–Crippen LogP) is 3.65. The average molecular weight is 207 g/mol. The second kappa shape index (κ2) is 5.76. The van der Waals surface area contributed by atoms with E-state index in [1.807, 2.05) is 0 Å². The van der Waals surface area contributed by atoms with Crippen LogP contribution in [0.15, 0.2) is 0 Å². The van der Waals surface area contributed by atoms with Gasteiger partial charge in [-0.1, -0.05) is 38.9 Å². The van der Waals surface area contributed by atoms with Gasteiger partial charge in [0.1, 0.15) is 0 Å². The van der Waals surface area contributed by atoms with Gasteiger partial charge in [-0.3, -0.25) is 4.79 Å². The van der Waals surface area contributed by atoms with E-state index in [2.05, 4.69) is 20.8 Å². The van der Waals surface area contributed by atoms with Gasteiger partial charge >= 0.3 is 0 Å². The molecular formula is C9H19ClOSi. The first kappa shape index (κ1) is 12.2. The molecule has 1 nitrogen and oxygen atoms in total. The van der Waals surface area contributed by atoms with E-state index in [1.165, 1.54) is 18.1 Å². The van der Waals surface area contributed by atoms with E-state index < -0.39 is 8.07 Å². The van der Waals surface area contributed by atoms with Crippen molar-refractivity contribution in [3.05, 3.63) is 0 Å². The number of rotatable bonds is 6. The highest BCUT2D eigenvalue weighted by Crippen LogP contribution is 2.26. The van der Waals surface area contributed by atoms with Crippen LogP contribution in [0.25, 0.3) is 0 Å². The van der Waals surface area contributed by atoms with E-state index in [4.69, 9.17) is 11.6 Å². The lowest BCUT2D eigenvalue weighted by Crippen LogP contribution is -2.31. The standard InChI is InChI=1S/C9H19ClOSi/c1-4-12(5-2,6-3)8-7-9(10)11/h4-8H2,1-3H3. The molecule has 0 unspecified atom stereocenters. The van der Waals surface area contributed by atoms with Gasteiger partial charge in [0.2, 0.25) is 5.24 Å². The third kappa shape index (κ3) is 3.72. The smallest absolute Gasteiger partial charge is 0.221 e. The molecule has 0 amide bonds. The van der Waals surface area contributed by atoms with E-state index in [0.717, 1.165) is 6.04 Å². The van der Waals surface area contributed by atoms with Crippen molar-refractivity contribution in [1.82, 2.24) is 0 Å². The monoisotopic (exact) mass is 206 g/mol. The van der Waals surface area contributed by atoms with E-state index in [-0.39, 0.29) is 5.24 Å². The first-order chi connectivity index (χ1) is 5.60. The molecule has 0 aliphatic heterocycles. The normalized spacial score (nSPS) is 11.7. The molecule has 0 atom stereocenters. The molecule has 0 saturated carbocycles. The van der Waals surface area contributed by atoms with Gasteiger partial charge in [-0.15, -0.1) is 0 Å². The minimum absolute atomic E-state index is 0.165. The van der Waals surface area contributed by atoms with Crippen molar-refractivity contribution in [2.75, 3.05) is 0 Å². The van der Waals surface area contributed by atoms with Crippen LogP contribution in [0, 0.1) is 0 Å². The summed E-state index contributed by atoms with van der Waals surface area (Å²) in [6.07, 6.45) is 0.587. The lowest BCUT2D eigenvalue weighted by atomic mass is 10.5. The Hall–Kier alpha value is 0.177. The summed E-state index contributed by atoms with van der Waals surface area (Å²) in [4.78, 5) is 10.6. The van der Waals surface area contributed by atoms with Gasteiger partial charge in [0, 0.05) is 6.42 Å². The van der Waals surface area contributed by atoms with Crippen molar-refractivity contribution in [1.29, 1.82) is 0 Å². The van der Waals surface area contributed by atoms with E-state index in [0.29, 0.717) is 6.42 Å². The fourth-order valence-electron chi connectivity index (χ4n) is 1.64. The van der Waals surface area contributed by atoms with Gasteiger partial charge in [0.25, 0.3) is 0 Å². The molecule has 0 heterocycles. The number of carbonyl (C=O) groups excluding carboxylic acids is 1. The molecule has 0 aliphatic carbocycles. The van der Waals surface area contributed by atoms with Gasteiger partial charge in [-0.05, 0) is 17.6 Å². The first-order valence-corrected chi connectivity index (χ1v) is 7.99. The van der Waals surface area contributed by atoms with Crippen molar-refractivity contribution in [3.63, 3.8) is 0 Å². The van der Waals surface area contributed by atoms with Crippen LogP contribution >= 0.6 is 11.6 Å². The summed E-state index contributed by atoms with van der Waals surface area (Å²) in [5.41, 5.74) is 0. The van der Waals surface area contributed by atoms with Crippen LogP contribution in [0.4, 0.5) is 0 Å². The highest BCUT2D eigenvalue weighted by molar-refractivity contribution is 6.80. The second-order valence-electron chi connectivity index (χ2n) is 3.42. The van der Waals surface area contributed by atoms with Gasteiger partial charge in [-0.25, -0.2) is 0 Å². The molecule has 0 aliphatic rings. The Kier molecular flexibility index (Phi) is 5.84. The molecule has 0 N–H and O–H groups in total. The number of hydrogen-bond donors (Lipinski definition) is 0. The van der Waals surface area contributed by atoms with E-state index in [1.54, 1.807) is 0 Å². The number of halogens is 1. The van der Waals surface area contributed by atoms with Crippen LogP contribution in [-0.4, -0.2) is 13.3 Å². The van der Waals surface area contributed by atoms with Crippen LogP contribution in [0.2, 0.25) is 24.2 Å². The summed E-state index contributed by atoms with van der Waals surface area (Å²) in [5, 5.41) is -0.165. The quantitative estimate of drug-likeness (QED) is 0.479. The van der Waals surface area contributed by atoms with Gasteiger partial charge in [0.05, 0.1) is 8.07 Å². The fourth-order valence-corrected chi connectivity index (χ4v) is 5.21. The average Bonchev–Trinajstić information content (AvgIpc) is 2.08. The maximum atomic E-state index is 10.6. The molecule has 0 aromatic carbocycles. The zero-order valence-electron chi connectivity index (χ0n) is 8.32. The van der Waals surface area contributed by atoms with Crippen LogP contribution in [0.5, 0.6) is 0 Å². The molecular weight excluding hydrogens is 188 g/mol. The molecule has 0 aromatic rings. The Bertz CT molecular complexity index is 135. The summed E-state index contributed by atoms with van der Waals surface area (Å²) in [6, 6.07) is 4.93. The Labute approximate surface area is 81.5 Å². The minimum Gasteiger partial charge on any atom is -0.281 e. The van der Waals surface area contributed by atoms with Crippen molar-refractivity contribution in [3.8, 4) is 0 Å². The first-order valence-electron chi connectivity index (χ1n) is 4.78. The van der Waals surface area contributed by atoms with E-state index in [9.17, 15) is 4.79 Å². The molecule has 0 fully saturated rings. The number of carbonyl (C=O) groups is 1. The van der Waals surface area contributed by atoms with Crippen LogP contribution < -0.4 is 0 Å². The summed E-state index contributed by atoms with van der Waals surface area (Å²) < 4.78 is 0. The largest absolute Gasteiger partial charge is 0.281 e. The lowest BCUT2D eigenvalue weighted by molar-refractivity contribution is -0.111. The van der Waals surface area contributed by atoms with E-state index >= 15 is 0 Å². The maximum Gasteiger partial charge on any atom is 0.221 e. The zero-order chi connectivity index (χ0) is 9.61. The lowest BCUT2D eigenvalue weighted by Gasteiger charge is -2.27. The molecule has 3 heteroatoms. The predicted molar refractivity (Wildman–Crippen MR) is 57.5 cm³/mol. The molecule has 0 saturated heterocycles. The summed E-state index contributed by atoms with van der Waals surface area (Å²) in [7, 11) is -1.09. The maximum absolute atomic E-state index is 10.6. The van der Waals surface area contributed by atoms with Gasteiger partial charge in [0.15, 0.2) is 0 Å². The Morgan fingerprint density at radius 1 is 1.17 bits per heavy atom. The molecule has 0 aromatic heterocycles. The van der Waals surface area contributed by atoms with Crippen LogP contribution in [-0.2, 0) is 4.79 Å². The van der Waals surface area contributed by atoms with Gasteiger partial charge < -0.3 is 0 Å². The minimum atomic E-state index is -1.09. The Balaban J connectivity index is 4.01. The summed E-state index contributed by atoms with van der Waals surface area (Å²) in [6.45, 7) is 6.74. The molecule has 0 bridgehead atoms. The van der Waals surface area contributed by atoms with Crippen molar-refractivity contribution >= 4 is 24.9 Å².